The predicted molar refractivity (Wildman–Crippen MR) is 77.3 cm³/mol. The van der Waals surface area contributed by atoms with Crippen LogP contribution in [-0.4, -0.2) is 17.9 Å². The van der Waals surface area contributed by atoms with E-state index in [9.17, 15) is 9.18 Å². The molecule has 2 saturated heterocycles. The Labute approximate surface area is 124 Å². The number of nitrogens with zero attached hydrogens (tertiary/aromatic N) is 1. The molecule has 2 bridgehead atoms. The number of ketones is 1. The highest BCUT2D eigenvalue weighted by Crippen LogP contribution is 2.32. The lowest BCUT2D eigenvalue weighted by Crippen LogP contribution is -2.50. The van der Waals surface area contributed by atoms with Gasteiger partial charge in [-0.1, -0.05) is 18.6 Å². The van der Waals surface area contributed by atoms with E-state index in [1.807, 2.05) is 6.07 Å². The number of nitrogens with one attached hydrogen (secondary N) is 1. The Morgan fingerprint density at radius 2 is 2.05 bits per heavy atom. The number of Topliss-reactive ketones (excluding diaryl/α,β-unsaturated/α-hetero) is 1. The van der Waals surface area contributed by atoms with Crippen LogP contribution in [0.2, 0.25) is 0 Å². The zero-order valence-electron chi connectivity index (χ0n) is 11.9. The van der Waals surface area contributed by atoms with Gasteiger partial charge >= 0.3 is 0 Å². The minimum Gasteiger partial charge on any atom is -0.311 e. The van der Waals surface area contributed by atoms with Crippen LogP contribution in [0.25, 0.3) is 0 Å². The van der Waals surface area contributed by atoms with Crippen LogP contribution in [0, 0.1) is 23.1 Å². The molecule has 3 rings (SSSR count). The first kappa shape index (κ1) is 14.2. The normalized spacial score (nSPS) is 27.9. The highest BCUT2D eigenvalue weighted by Gasteiger charge is 2.34. The van der Waals surface area contributed by atoms with E-state index < -0.39 is 5.82 Å². The Hall–Kier alpha value is -1.73. The predicted octanol–water partition coefficient (Wildman–Crippen LogP) is 3.00. The van der Waals surface area contributed by atoms with Gasteiger partial charge in [-0.25, -0.2) is 4.39 Å². The van der Waals surface area contributed by atoms with Crippen LogP contribution in [0.1, 0.15) is 48.0 Å². The molecule has 0 spiro atoms. The summed E-state index contributed by atoms with van der Waals surface area (Å²) in [6.07, 6.45) is 5.26. The first-order valence-corrected chi connectivity index (χ1v) is 7.63. The Morgan fingerprint density at radius 3 is 2.67 bits per heavy atom. The topological polar surface area (TPSA) is 52.9 Å². The van der Waals surface area contributed by atoms with Crippen molar-refractivity contribution in [1.82, 2.24) is 5.32 Å². The Kier molecular flexibility index (Phi) is 4.03. The second-order valence-corrected chi connectivity index (χ2v) is 6.17. The summed E-state index contributed by atoms with van der Waals surface area (Å²) in [7, 11) is 0. The van der Waals surface area contributed by atoms with E-state index in [0.717, 1.165) is 25.7 Å². The summed E-state index contributed by atoms with van der Waals surface area (Å²) in [5.74, 6) is -0.393. The molecule has 2 fully saturated rings. The minimum atomic E-state index is -0.448. The van der Waals surface area contributed by atoms with Crippen LogP contribution >= 0.6 is 0 Å². The highest BCUT2D eigenvalue weighted by molar-refractivity contribution is 5.98. The lowest BCUT2D eigenvalue weighted by Gasteiger charge is -2.39. The first-order chi connectivity index (χ1) is 10.2. The fraction of sp³-hybridized carbons (Fsp3) is 0.529. The van der Waals surface area contributed by atoms with Crippen LogP contribution in [-0.2, 0) is 6.42 Å². The number of carbonyl (C=O) groups excluding carboxylic acids is 1. The van der Waals surface area contributed by atoms with E-state index in [0.29, 0.717) is 23.2 Å². The number of nitriles is 1. The Bertz CT molecular complexity index is 581. The number of rotatable bonds is 3. The van der Waals surface area contributed by atoms with E-state index in [1.54, 1.807) is 12.1 Å². The summed E-state index contributed by atoms with van der Waals surface area (Å²) in [4.78, 5) is 12.6. The highest BCUT2D eigenvalue weighted by atomic mass is 19.1. The van der Waals surface area contributed by atoms with E-state index >= 15 is 0 Å². The van der Waals surface area contributed by atoms with Gasteiger partial charge in [-0.05, 0) is 31.7 Å². The molecule has 21 heavy (non-hydrogen) atoms. The quantitative estimate of drug-likeness (QED) is 0.869. The van der Waals surface area contributed by atoms with Crippen LogP contribution < -0.4 is 5.32 Å². The van der Waals surface area contributed by atoms with Crippen LogP contribution in [0.5, 0.6) is 0 Å². The van der Waals surface area contributed by atoms with Crippen molar-refractivity contribution < 1.29 is 9.18 Å². The number of halogens is 1. The lowest BCUT2D eigenvalue weighted by atomic mass is 9.77. The standard InChI is InChI=1S/C17H19FN2O/c18-16-10-12(5-4-11(16)6-7-19)17(21)13-8-14-2-1-3-15(9-13)20-14/h4-5,10,13-15,20H,1-3,6,8-9H2. The van der Waals surface area contributed by atoms with Crippen molar-refractivity contribution in [2.45, 2.75) is 50.6 Å². The van der Waals surface area contributed by atoms with Crippen molar-refractivity contribution in [1.29, 1.82) is 5.26 Å². The summed E-state index contributed by atoms with van der Waals surface area (Å²) in [6.45, 7) is 0. The SMILES string of the molecule is N#CCc1ccc(C(=O)C2CC3CCCC(C2)N3)cc1F. The van der Waals surface area contributed by atoms with Gasteiger partial charge in [0, 0.05) is 29.1 Å². The average molecular weight is 286 g/mol. The molecule has 2 aliphatic rings. The molecule has 0 aromatic heterocycles. The fourth-order valence-corrected chi connectivity index (χ4v) is 3.64. The molecule has 3 nitrogen and oxygen atoms in total. The van der Waals surface area contributed by atoms with Crippen LogP contribution in [0.15, 0.2) is 18.2 Å². The van der Waals surface area contributed by atoms with Crippen LogP contribution in [0.4, 0.5) is 4.39 Å². The van der Waals surface area contributed by atoms with Gasteiger partial charge in [-0.15, -0.1) is 0 Å². The van der Waals surface area contributed by atoms with Crippen molar-refractivity contribution in [2.24, 2.45) is 5.92 Å². The number of piperidine rings is 2. The summed E-state index contributed by atoms with van der Waals surface area (Å²) >= 11 is 0. The lowest BCUT2D eigenvalue weighted by molar-refractivity contribution is 0.0824. The summed E-state index contributed by atoms with van der Waals surface area (Å²) in [5, 5.41) is 12.2. The van der Waals surface area contributed by atoms with Gasteiger partial charge in [0.05, 0.1) is 12.5 Å². The molecule has 0 aliphatic carbocycles. The number of benzene rings is 1. The van der Waals surface area contributed by atoms with Crippen molar-refractivity contribution in [2.75, 3.05) is 0 Å². The molecule has 2 heterocycles. The second kappa shape index (κ2) is 5.95. The molecule has 4 heteroatoms. The maximum absolute atomic E-state index is 13.9. The third kappa shape index (κ3) is 2.98. The summed E-state index contributed by atoms with van der Waals surface area (Å²) in [5.41, 5.74) is 0.801. The average Bonchev–Trinajstić information content (AvgIpc) is 2.48. The second-order valence-electron chi connectivity index (χ2n) is 6.17. The van der Waals surface area contributed by atoms with Crippen LogP contribution in [0.3, 0.4) is 0 Å². The largest absolute Gasteiger partial charge is 0.311 e. The monoisotopic (exact) mass is 286 g/mol. The number of hydrogen-bond donors (Lipinski definition) is 1. The van der Waals surface area contributed by atoms with Crippen molar-refractivity contribution in [3.63, 3.8) is 0 Å². The third-order valence-electron chi connectivity index (χ3n) is 4.69. The Morgan fingerprint density at radius 1 is 1.33 bits per heavy atom. The molecule has 1 aromatic carbocycles. The third-order valence-corrected chi connectivity index (χ3v) is 4.69. The molecular formula is C17H19FN2O. The van der Waals surface area contributed by atoms with E-state index in [4.69, 9.17) is 5.26 Å². The molecule has 110 valence electrons. The smallest absolute Gasteiger partial charge is 0.166 e. The van der Waals surface area contributed by atoms with E-state index in [2.05, 4.69) is 5.32 Å². The molecule has 2 atom stereocenters. The van der Waals surface area contributed by atoms with Gasteiger partial charge in [-0.2, -0.15) is 5.26 Å². The minimum absolute atomic E-state index is 0.00256. The van der Waals surface area contributed by atoms with Gasteiger partial charge < -0.3 is 5.32 Å². The summed E-state index contributed by atoms with van der Waals surface area (Å²) in [6, 6.07) is 7.33. The molecular weight excluding hydrogens is 267 g/mol. The van der Waals surface area contributed by atoms with Crippen molar-refractivity contribution in [3.05, 3.63) is 35.1 Å². The molecule has 0 amide bonds. The molecule has 1 aromatic rings. The molecule has 0 radical (unpaired) electrons. The molecule has 2 aliphatic heterocycles. The van der Waals surface area contributed by atoms with Gasteiger partial charge in [0.15, 0.2) is 5.78 Å². The number of fused-ring (bicyclic) bond motifs is 2. The van der Waals surface area contributed by atoms with Gasteiger partial charge in [-0.3, -0.25) is 4.79 Å². The van der Waals surface area contributed by atoms with Gasteiger partial charge in [0.1, 0.15) is 5.82 Å². The van der Waals surface area contributed by atoms with E-state index in [-0.39, 0.29) is 18.1 Å². The Balaban J connectivity index is 1.76. The fourth-order valence-electron chi connectivity index (χ4n) is 3.64. The zero-order valence-corrected chi connectivity index (χ0v) is 11.9. The van der Waals surface area contributed by atoms with E-state index in [1.165, 1.54) is 12.5 Å². The number of carbonyl (C=O) groups is 1. The van der Waals surface area contributed by atoms with Gasteiger partial charge in [0.2, 0.25) is 0 Å². The summed E-state index contributed by atoms with van der Waals surface area (Å²) < 4.78 is 13.9. The van der Waals surface area contributed by atoms with Gasteiger partial charge in [0.25, 0.3) is 0 Å². The molecule has 0 saturated carbocycles. The molecule has 1 N–H and O–H groups in total. The first-order valence-electron chi connectivity index (χ1n) is 7.63. The molecule has 2 unspecified atom stereocenters. The maximum atomic E-state index is 13.9. The maximum Gasteiger partial charge on any atom is 0.166 e. The number of hydrogen-bond acceptors (Lipinski definition) is 3. The van der Waals surface area contributed by atoms with Crippen molar-refractivity contribution >= 4 is 5.78 Å². The zero-order chi connectivity index (χ0) is 14.8. The van der Waals surface area contributed by atoms with Crippen molar-refractivity contribution in [3.8, 4) is 6.07 Å².